The molecule has 0 unspecified atom stereocenters. The summed E-state index contributed by atoms with van der Waals surface area (Å²) < 4.78 is 12.0. The van der Waals surface area contributed by atoms with Gasteiger partial charge < -0.3 is 18.9 Å². The number of hydrogen-bond acceptors (Lipinski definition) is 6. The monoisotopic (exact) mass is 435 g/mol. The van der Waals surface area contributed by atoms with Gasteiger partial charge in [0.2, 0.25) is 5.43 Å². The zero-order valence-electron chi connectivity index (χ0n) is 18.3. The molecule has 0 spiro atoms. The Morgan fingerprint density at radius 3 is 2.53 bits per heavy atom. The molecule has 2 heterocycles. The average Bonchev–Trinajstić information content (AvgIpc) is 3.63. The van der Waals surface area contributed by atoms with E-state index < -0.39 is 18.0 Å². The van der Waals surface area contributed by atoms with Gasteiger partial charge in [0.1, 0.15) is 17.0 Å². The first kappa shape index (κ1) is 21.5. The van der Waals surface area contributed by atoms with Crippen LogP contribution in [0.15, 0.2) is 47.4 Å². The Labute approximate surface area is 185 Å². The summed E-state index contributed by atoms with van der Waals surface area (Å²) in [5, 5.41) is 0.331. The number of methoxy groups -OCH3 is 1. The number of benzene rings is 1. The smallest absolute Gasteiger partial charge is 0.344 e. The summed E-state index contributed by atoms with van der Waals surface area (Å²) in [6.45, 7) is 1.84. The lowest BCUT2D eigenvalue weighted by molar-refractivity contribution is -0.135. The van der Waals surface area contributed by atoms with E-state index in [9.17, 15) is 14.4 Å². The molecule has 32 heavy (non-hydrogen) atoms. The van der Waals surface area contributed by atoms with Gasteiger partial charge in [-0.25, -0.2) is 9.78 Å². The number of fused-ring (bicyclic) bond motifs is 1. The van der Waals surface area contributed by atoms with Crippen LogP contribution in [0.2, 0.25) is 0 Å². The minimum atomic E-state index is -0.818. The Kier molecular flexibility index (Phi) is 5.94. The van der Waals surface area contributed by atoms with Gasteiger partial charge in [-0.2, -0.15) is 0 Å². The maximum Gasteiger partial charge on any atom is 0.344 e. The number of esters is 1. The quantitative estimate of drug-likeness (QED) is 0.530. The molecule has 0 bridgehead atoms. The summed E-state index contributed by atoms with van der Waals surface area (Å²) >= 11 is 0. The Morgan fingerprint density at radius 2 is 1.88 bits per heavy atom. The van der Waals surface area contributed by atoms with Crippen molar-refractivity contribution in [1.82, 2.24) is 14.5 Å². The van der Waals surface area contributed by atoms with Crippen molar-refractivity contribution in [1.29, 1.82) is 0 Å². The molecule has 0 aliphatic heterocycles. The lowest BCUT2D eigenvalue weighted by Crippen LogP contribution is -2.36. The zero-order chi connectivity index (χ0) is 22.8. The Hall–Kier alpha value is -3.68. The summed E-state index contributed by atoms with van der Waals surface area (Å²) in [6, 6.07) is 11.0. The van der Waals surface area contributed by atoms with Gasteiger partial charge in [0.15, 0.2) is 6.61 Å². The average molecular weight is 435 g/mol. The Morgan fingerprint density at radius 1 is 1.16 bits per heavy atom. The zero-order valence-corrected chi connectivity index (χ0v) is 18.3. The van der Waals surface area contributed by atoms with Gasteiger partial charge in [-0.1, -0.05) is 12.1 Å². The van der Waals surface area contributed by atoms with Gasteiger partial charge >= 0.3 is 5.97 Å². The SMILES string of the molecule is COc1ccc(CN(C(=O)COC(=O)c2cn(C)c3nc(C)ccc3c2=O)C2CC2)cc1. The van der Waals surface area contributed by atoms with Crippen LogP contribution in [0, 0.1) is 6.92 Å². The highest BCUT2D eigenvalue weighted by Gasteiger charge is 2.33. The van der Waals surface area contributed by atoms with Gasteiger partial charge in [0, 0.05) is 31.5 Å². The molecule has 1 aromatic carbocycles. The van der Waals surface area contributed by atoms with E-state index in [-0.39, 0.29) is 17.5 Å². The molecule has 0 radical (unpaired) electrons. The van der Waals surface area contributed by atoms with Crippen molar-refractivity contribution in [3.8, 4) is 5.75 Å². The molecule has 1 aliphatic carbocycles. The molecule has 1 saturated carbocycles. The van der Waals surface area contributed by atoms with Crippen molar-refractivity contribution < 1.29 is 19.1 Å². The molecular formula is C24H25N3O5. The number of amides is 1. The van der Waals surface area contributed by atoms with Crippen molar-refractivity contribution in [2.75, 3.05) is 13.7 Å². The molecule has 166 valence electrons. The van der Waals surface area contributed by atoms with Crippen LogP contribution in [0.3, 0.4) is 0 Å². The van der Waals surface area contributed by atoms with Crippen LogP contribution in [0.5, 0.6) is 5.75 Å². The predicted molar refractivity (Wildman–Crippen MR) is 119 cm³/mol. The number of ether oxygens (including phenoxy) is 2. The second-order valence-corrected chi connectivity index (χ2v) is 7.98. The van der Waals surface area contributed by atoms with Crippen molar-refractivity contribution in [3.63, 3.8) is 0 Å². The van der Waals surface area contributed by atoms with Gasteiger partial charge in [-0.3, -0.25) is 9.59 Å². The van der Waals surface area contributed by atoms with Gasteiger partial charge in [0.25, 0.3) is 5.91 Å². The first-order valence-corrected chi connectivity index (χ1v) is 10.4. The normalized spacial score (nSPS) is 13.1. The highest BCUT2D eigenvalue weighted by atomic mass is 16.5. The third-order valence-electron chi connectivity index (χ3n) is 5.53. The molecule has 2 aromatic heterocycles. The van der Waals surface area contributed by atoms with E-state index in [1.165, 1.54) is 6.20 Å². The fraction of sp³-hybridized carbons (Fsp3) is 0.333. The maximum atomic E-state index is 12.8. The fourth-order valence-electron chi connectivity index (χ4n) is 3.62. The van der Waals surface area contributed by atoms with Crippen LogP contribution in [0.25, 0.3) is 11.0 Å². The van der Waals surface area contributed by atoms with Crippen LogP contribution in [-0.4, -0.2) is 46.1 Å². The first-order valence-electron chi connectivity index (χ1n) is 10.4. The summed E-state index contributed by atoms with van der Waals surface area (Å²) in [7, 11) is 3.31. The van der Waals surface area contributed by atoms with Crippen molar-refractivity contribution in [3.05, 3.63) is 69.6 Å². The molecule has 1 aliphatic rings. The molecule has 1 amide bonds. The largest absolute Gasteiger partial charge is 0.497 e. The standard InChI is InChI=1S/C24H25N3O5/c1-15-4-11-19-22(29)20(13-26(2)23(19)25-15)24(30)32-14-21(28)27(17-7-8-17)12-16-5-9-18(31-3)10-6-16/h4-6,9-11,13,17H,7-8,12,14H2,1-3H3. The first-order chi connectivity index (χ1) is 15.4. The maximum absolute atomic E-state index is 12.8. The number of pyridine rings is 2. The van der Waals surface area contributed by atoms with E-state index in [0.717, 1.165) is 29.8 Å². The van der Waals surface area contributed by atoms with E-state index in [2.05, 4.69) is 4.98 Å². The second-order valence-electron chi connectivity index (χ2n) is 7.98. The van der Waals surface area contributed by atoms with Crippen LogP contribution in [0.4, 0.5) is 0 Å². The number of aromatic nitrogens is 2. The summed E-state index contributed by atoms with van der Waals surface area (Å²) in [6.07, 6.45) is 3.25. The summed E-state index contributed by atoms with van der Waals surface area (Å²) in [5.41, 5.74) is 1.64. The Balaban J connectivity index is 1.46. The molecule has 8 nitrogen and oxygen atoms in total. The highest BCUT2D eigenvalue weighted by molar-refractivity contribution is 5.94. The van der Waals surface area contributed by atoms with E-state index in [1.54, 1.807) is 35.8 Å². The number of aryl methyl sites for hydroxylation is 2. The topological polar surface area (TPSA) is 90.7 Å². The highest BCUT2D eigenvalue weighted by Crippen LogP contribution is 2.29. The van der Waals surface area contributed by atoms with Gasteiger partial charge in [0.05, 0.1) is 12.5 Å². The van der Waals surface area contributed by atoms with E-state index in [1.807, 2.05) is 31.2 Å². The molecule has 4 rings (SSSR count). The minimum absolute atomic E-state index is 0.119. The van der Waals surface area contributed by atoms with Crippen LogP contribution >= 0.6 is 0 Å². The number of carbonyl (C=O) groups excluding carboxylic acids is 2. The van der Waals surface area contributed by atoms with Crippen molar-refractivity contribution in [2.45, 2.75) is 32.4 Å². The van der Waals surface area contributed by atoms with E-state index in [4.69, 9.17) is 9.47 Å². The lowest BCUT2D eigenvalue weighted by atomic mass is 10.2. The predicted octanol–water partition coefficient (Wildman–Crippen LogP) is 2.60. The van der Waals surface area contributed by atoms with Gasteiger partial charge in [-0.05, 0) is 49.6 Å². The van der Waals surface area contributed by atoms with Crippen LogP contribution in [-0.2, 0) is 23.1 Å². The van der Waals surface area contributed by atoms with E-state index in [0.29, 0.717) is 17.6 Å². The lowest BCUT2D eigenvalue weighted by Gasteiger charge is -2.22. The molecule has 8 heteroatoms. The molecule has 3 aromatic rings. The minimum Gasteiger partial charge on any atom is -0.497 e. The second kappa shape index (κ2) is 8.82. The molecule has 0 saturated heterocycles. The van der Waals surface area contributed by atoms with Crippen LogP contribution < -0.4 is 10.2 Å². The van der Waals surface area contributed by atoms with Crippen molar-refractivity contribution >= 4 is 22.9 Å². The fourth-order valence-corrected chi connectivity index (χ4v) is 3.62. The van der Waals surface area contributed by atoms with Crippen LogP contribution in [0.1, 0.15) is 34.5 Å². The molecule has 1 fully saturated rings. The number of rotatable bonds is 7. The summed E-state index contributed by atoms with van der Waals surface area (Å²) in [5.74, 6) is -0.359. The number of hydrogen-bond donors (Lipinski definition) is 0. The van der Waals surface area contributed by atoms with Crippen molar-refractivity contribution in [2.24, 2.45) is 7.05 Å². The molecule has 0 N–H and O–H groups in total. The summed E-state index contributed by atoms with van der Waals surface area (Å²) in [4.78, 5) is 44.3. The third-order valence-corrected chi connectivity index (χ3v) is 5.53. The van der Waals surface area contributed by atoms with Gasteiger partial charge in [-0.15, -0.1) is 0 Å². The van der Waals surface area contributed by atoms with E-state index >= 15 is 0 Å². The molecule has 0 atom stereocenters. The Bertz CT molecular complexity index is 1230. The molecular weight excluding hydrogens is 410 g/mol. The number of carbonyl (C=O) groups is 2. The third kappa shape index (κ3) is 4.49. The number of nitrogens with zero attached hydrogens (tertiary/aromatic N) is 3.